The lowest BCUT2D eigenvalue weighted by Gasteiger charge is -2.10. The lowest BCUT2D eigenvalue weighted by atomic mass is 10.1. The number of rotatable bonds is 5. The van der Waals surface area contributed by atoms with E-state index in [1.54, 1.807) is 0 Å². The number of hydrogen-bond donors (Lipinski definition) is 1. The highest BCUT2D eigenvalue weighted by atomic mass is 127. The summed E-state index contributed by atoms with van der Waals surface area (Å²) in [5.41, 5.74) is 4.45. The van der Waals surface area contributed by atoms with Gasteiger partial charge in [0, 0.05) is 8.47 Å². The molecule has 0 spiro atoms. The van der Waals surface area contributed by atoms with Crippen LogP contribution in [0.5, 0.6) is 0 Å². The lowest BCUT2D eigenvalue weighted by molar-refractivity contribution is -0.120. The molecule has 0 aliphatic heterocycles. The largest absolute Gasteiger partial charge is 0.272 e. The number of hydrogen-bond acceptors (Lipinski definition) is 3. The van der Waals surface area contributed by atoms with E-state index in [4.69, 9.17) is 0 Å². The van der Waals surface area contributed by atoms with Crippen molar-refractivity contribution in [3.63, 3.8) is 0 Å². The SMILES string of the molecule is C/C(=N/NC(=O)[C@@H](C)Sc1ccccc1)c1cccc(I)c1. The van der Waals surface area contributed by atoms with Crippen molar-refractivity contribution < 1.29 is 4.79 Å². The molecule has 0 aliphatic rings. The predicted octanol–water partition coefficient (Wildman–Crippen LogP) is 4.31. The third kappa shape index (κ3) is 5.14. The summed E-state index contributed by atoms with van der Waals surface area (Å²) < 4.78 is 1.14. The Morgan fingerprint density at radius 1 is 1.18 bits per heavy atom. The second-order valence-electron chi connectivity index (χ2n) is 4.76. The van der Waals surface area contributed by atoms with E-state index in [0.29, 0.717) is 0 Å². The Morgan fingerprint density at radius 2 is 1.91 bits per heavy atom. The minimum Gasteiger partial charge on any atom is -0.272 e. The quantitative estimate of drug-likeness (QED) is 0.336. The molecule has 1 N–H and O–H groups in total. The minimum atomic E-state index is -0.199. The second-order valence-corrected chi connectivity index (χ2v) is 7.42. The van der Waals surface area contributed by atoms with Gasteiger partial charge in [-0.1, -0.05) is 30.3 Å². The molecule has 0 saturated heterocycles. The third-order valence-corrected chi connectivity index (χ3v) is 4.78. The molecular weight excluding hydrogens is 407 g/mol. The second kappa shape index (κ2) is 8.33. The summed E-state index contributed by atoms with van der Waals surface area (Å²) in [5, 5.41) is 4.00. The van der Waals surface area contributed by atoms with Gasteiger partial charge in [-0.3, -0.25) is 4.79 Å². The van der Waals surface area contributed by atoms with Crippen molar-refractivity contribution >= 4 is 46.0 Å². The van der Waals surface area contributed by atoms with Gasteiger partial charge >= 0.3 is 0 Å². The van der Waals surface area contributed by atoms with Crippen molar-refractivity contribution in [3.05, 3.63) is 63.7 Å². The predicted molar refractivity (Wildman–Crippen MR) is 101 cm³/mol. The smallest absolute Gasteiger partial charge is 0.253 e. The molecule has 0 fully saturated rings. The number of thioether (sulfide) groups is 1. The summed E-state index contributed by atoms with van der Waals surface area (Å²) >= 11 is 3.78. The van der Waals surface area contributed by atoms with Crippen LogP contribution in [0.1, 0.15) is 19.4 Å². The number of hydrazone groups is 1. The Labute approximate surface area is 148 Å². The highest BCUT2D eigenvalue weighted by molar-refractivity contribution is 14.1. The summed E-state index contributed by atoms with van der Waals surface area (Å²) in [5.74, 6) is -0.0983. The maximum absolute atomic E-state index is 12.1. The van der Waals surface area contributed by atoms with Crippen LogP contribution in [0.25, 0.3) is 0 Å². The molecular formula is C17H17IN2OS. The van der Waals surface area contributed by atoms with Gasteiger partial charge in [0.2, 0.25) is 0 Å². The molecule has 0 radical (unpaired) electrons. The molecule has 0 bridgehead atoms. The fourth-order valence-corrected chi connectivity index (χ4v) is 3.19. The first kappa shape index (κ1) is 17.0. The van der Waals surface area contributed by atoms with Gasteiger partial charge in [0.25, 0.3) is 5.91 Å². The van der Waals surface area contributed by atoms with Crippen molar-refractivity contribution in [3.8, 4) is 0 Å². The number of nitrogens with one attached hydrogen (secondary N) is 1. The first-order valence-electron chi connectivity index (χ1n) is 6.88. The number of carbonyl (C=O) groups excluding carboxylic acids is 1. The average Bonchev–Trinajstić information content (AvgIpc) is 2.53. The summed E-state index contributed by atoms with van der Waals surface area (Å²) in [6.07, 6.45) is 0. The lowest BCUT2D eigenvalue weighted by Crippen LogP contribution is -2.27. The van der Waals surface area contributed by atoms with Crippen LogP contribution in [0.4, 0.5) is 0 Å². The van der Waals surface area contributed by atoms with Gasteiger partial charge in [0.15, 0.2) is 0 Å². The number of amides is 1. The highest BCUT2D eigenvalue weighted by Gasteiger charge is 2.13. The normalized spacial score (nSPS) is 12.8. The van der Waals surface area contributed by atoms with E-state index in [0.717, 1.165) is 19.7 Å². The van der Waals surface area contributed by atoms with E-state index in [9.17, 15) is 4.79 Å². The van der Waals surface area contributed by atoms with Crippen LogP contribution >= 0.6 is 34.4 Å². The van der Waals surface area contributed by atoms with Crippen LogP contribution in [0.15, 0.2) is 64.6 Å². The first-order valence-corrected chi connectivity index (χ1v) is 8.84. The molecule has 2 aromatic rings. The number of halogens is 1. The molecule has 0 heterocycles. The molecule has 2 aromatic carbocycles. The first-order chi connectivity index (χ1) is 10.6. The number of carbonyl (C=O) groups is 1. The third-order valence-electron chi connectivity index (χ3n) is 3.00. The van der Waals surface area contributed by atoms with Crippen LogP contribution in [-0.4, -0.2) is 16.9 Å². The molecule has 0 aliphatic carbocycles. The van der Waals surface area contributed by atoms with Gasteiger partial charge < -0.3 is 0 Å². The zero-order valence-corrected chi connectivity index (χ0v) is 15.4. The Hall–Kier alpha value is -1.34. The Morgan fingerprint density at radius 3 is 2.59 bits per heavy atom. The molecule has 3 nitrogen and oxygen atoms in total. The minimum absolute atomic E-state index is 0.0983. The van der Waals surface area contributed by atoms with Crippen molar-refractivity contribution in [2.24, 2.45) is 5.10 Å². The molecule has 0 saturated carbocycles. The molecule has 2 rings (SSSR count). The number of nitrogens with zero attached hydrogens (tertiary/aromatic N) is 1. The van der Waals surface area contributed by atoms with Crippen LogP contribution in [0.3, 0.4) is 0 Å². The van der Waals surface area contributed by atoms with Gasteiger partial charge in [-0.25, -0.2) is 5.43 Å². The molecule has 1 atom stereocenters. The maximum Gasteiger partial charge on any atom is 0.253 e. The average molecular weight is 424 g/mol. The Kier molecular flexibility index (Phi) is 6.45. The van der Waals surface area contributed by atoms with E-state index in [1.165, 1.54) is 11.8 Å². The maximum atomic E-state index is 12.1. The van der Waals surface area contributed by atoms with Gasteiger partial charge in [-0.05, 0) is 66.3 Å². The van der Waals surface area contributed by atoms with E-state index >= 15 is 0 Å². The summed E-state index contributed by atoms with van der Waals surface area (Å²) in [7, 11) is 0. The van der Waals surface area contributed by atoms with Crippen molar-refractivity contribution in [1.82, 2.24) is 5.43 Å². The number of benzene rings is 2. The topological polar surface area (TPSA) is 41.5 Å². The van der Waals surface area contributed by atoms with Gasteiger partial charge in [0.05, 0.1) is 11.0 Å². The van der Waals surface area contributed by atoms with E-state index in [1.807, 2.05) is 68.4 Å². The molecule has 1 amide bonds. The molecule has 114 valence electrons. The summed E-state index contributed by atoms with van der Waals surface area (Å²) in [6.45, 7) is 3.77. The molecule has 22 heavy (non-hydrogen) atoms. The standard InChI is InChI=1S/C17H17IN2OS/c1-12(14-7-6-8-15(18)11-14)19-20-17(21)13(2)22-16-9-4-3-5-10-16/h3-11,13H,1-2H3,(H,20,21)/b19-12-/t13-/m1/s1. The van der Waals surface area contributed by atoms with E-state index in [2.05, 4.69) is 33.1 Å². The molecule has 5 heteroatoms. The van der Waals surface area contributed by atoms with E-state index in [-0.39, 0.29) is 11.2 Å². The van der Waals surface area contributed by atoms with Gasteiger partial charge in [0.1, 0.15) is 0 Å². The van der Waals surface area contributed by atoms with Crippen LogP contribution < -0.4 is 5.43 Å². The van der Waals surface area contributed by atoms with Gasteiger partial charge in [-0.15, -0.1) is 11.8 Å². The fourth-order valence-electron chi connectivity index (χ4n) is 1.76. The zero-order chi connectivity index (χ0) is 15.9. The Balaban J connectivity index is 1.95. The molecule has 0 aromatic heterocycles. The fraction of sp³-hybridized carbons (Fsp3) is 0.176. The van der Waals surface area contributed by atoms with E-state index < -0.39 is 0 Å². The van der Waals surface area contributed by atoms with Gasteiger partial charge in [-0.2, -0.15) is 5.10 Å². The van der Waals surface area contributed by atoms with Crippen LogP contribution in [0, 0.1) is 3.57 Å². The van der Waals surface area contributed by atoms with Crippen molar-refractivity contribution in [1.29, 1.82) is 0 Å². The van der Waals surface area contributed by atoms with Crippen LogP contribution in [-0.2, 0) is 4.79 Å². The summed E-state index contributed by atoms with van der Waals surface area (Å²) in [6, 6.07) is 17.9. The Bertz CT molecular complexity index is 673. The van der Waals surface area contributed by atoms with Crippen molar-refractivity contribution in [2.75, 3.05) is 0 Å². The highest BCUT2D eigenvalue weighted by Crippen LogP contribution is 2.22. The zero-order valence-electron chi connectivity index (χ0n) is 12.4. The molecule has 0 unspecified atom stereocenters. The monoisotopic (exact) mass is 424 g/mol. The van der Waals surface area contributed by atoms with Crippen LogP contribution in [0.2, 0.25) is 0 Å². The summed E-state index contributed by atoms with van der Waals surface area (Å²) in [4.78, 5) is 13.2. The van der Waals surface area contributed by atoms with Crippen molar-refractivity contribution in [2.45, 2.75) is 24.0 Å².